The zero-order valence-electron chi connectivity index (χ0n) is 11.9. The van der Waals surface area contributed by atoms with Gasteiger partial charge in [0, 0.05) is 36.9 Å². The normalized spacial score (nSPS) is 16.9. The first kappa shape index (κ1) is 15.2. The van der Waals surface area contributed by atoms with Crippen LogP contribution in [0.15, 0.2) is 30.4 Å². The van der Waals surface area contributed by atoms with Crippen molar-refractivity contribution in [3.05, 3.63) is 46.0 Å². The maximum atomic E-state index is 12.0. The predicted molar refractivity (Wildman–Crippen MR) is 78.9 cm³/mol. The highest BCUT2D eigenvalue weighted by molar-refractivity contribution is 5.92. The van der Waals surface area contributed by atoms with E-state index in [0.29, 0.717) is 17.7 Å². The fourth-order valence-electron chi connectivity index (χ4n) is 2.40. The first-order valence-electron chi connectivity index (χ1n) is 6.83. The molecule has 1 amide bonds. The Kier molecular flexibility index (Phi) is 5.05. The van der Waals surface area contributed by atoms with Crippen molar-refractivity contribution < 1.29 is 14.5 Å². The number of nitro groups is 1. The molecule has 0 bridgehead atoms. The number of carbonyl (C=O) groups excluding carboxylic acids is 1. The molecule has 112 valence electrons. The number of hydrogen-bond donors (Lipinski definition) is 1. The van der Waals surface area contributed by atoms with E-state index in [0.717, 1.165) is 12.8 Å². The molecule has 0 unspecified atom stereocenters. The van der Waals surface area contributed by atoms with Gasteiger partial charge in [-0.1, -0.05) is 12.2 Å². The Balaban J connectivity index is 2.08. The van der Waals surface area contributed by atoms with Crippen LogP contribution in [0.25, 0.3) is 0 Å². The van der Waals surface area contributed by atoms with Gasteiger partial charge in [-0.25, -0.2) is 0 Å². The molecule has 1 aliphatic rings. The minimum Gasteiger partial charge on any atom is -0.380 e. The minimum atomic E-state index is -0.464. The lowest BCUT2D eigenvalue weighted by Crippen LogP contribution is -2.16. The summed E-state index contributed by atoms with van der Waals surface area (Å²) in [7, 11) is 1.51. The molecule has 1 aliphatic carbocycles. The Bertz CT molecular complexity index is 569. The van der Waals surface area contributed by atoms with Gasteiger partial charge >= 0.3 is 0 Å². The van der Waals surface area contributed by atoms with Crippen molar-refractivity contribution in [3.63, 3.8) is 0 Å². The zero-order chi connectivity index (χ0) is 15.2. The first-order chi connectivity index (χ1) is 10.1. The average molecular weight is 290 g/mol. The summed E-state index contributed by atoms with van der Waals surface area (Å²) in [5.41, 5.74) is 1.15. The van der Waals surface area contributed by atoms with Crippen LogP contribution in [0.5, 0.6) is 0 Å². The highest BCUT2D eigenvalue weighted by atomic mass is 16.6. The fraction of sp³-hybridized carbons (Fsp3) is 0.400. The monoisotopic (exact) mass is 290 g/mol. The van der Waals surface area contributed by atoms with E-state index in [-0.39, 0.29) is 24.1 Å². The number of hydrogen-bond acceptors (Lipinski definition) is 4. The maximum Gasteiger partial charge on any atom is 0.269 e. The number of allylic oxidation sites excluding steroid dienone is 2. The quantitative estimate of drug-likeness (QED) is 0.496. The van der Waals surface area contributed by atoms with E-state index in [2.05, 4.69) is 17.5 Å². The van der Waals surface area contributed by atoms with Crippen molar-refractivity contribution in [1.82, 2.24) is 0 Å². The van der Waals surface area contributed by atoms with E-state index in [1.165, 1.54) is 19.2 Å². The summed E-state index contributed by atoms with van der Waals surface area (Å²) in [6, 6.07) is 4.35. The van der Waals surface area contributed by atoms with Crippen LogP contribution in [0.1, 0.15) is 24.8 Å². The average Bonchev–Trinajstić information content (AvgIpc) is 2.93. The largest absolute Gasteiger partial charge is 0.380 e. The molecule has 0 aliphatic heterocycles. The molecule has 0 heterocycles. The van der Waals surface area contributed by atoms with Crippen molar-refractivity contribution in [1.29, 1.82) is 0 Å². The van der Waals surface area contributed by atoms with Gasteiger partial charge in [0.15, 0.2) is 0 Å². The van der Waals surface area contributed by atoms with E-state index in [9.17, 15) is 14.9 Å². The molecule has 0 saturated heterocycles. The third kappa shape index (κ3) is 4.13. The van der Waals surface area contributed by atoms with E-state index >= 15 is 0 Å². The third-order valence-corrected chi connectivity index (χ3v) is 3.43. The van der Waals surface area contributed by atoms with E-state index in [1.54, 1.807) is 6.07 Å². The Morgan fingerprint density at radius 3 is 2.95 bits per heavy atom. The Morgan fingerprint density at radius 2 is 2.33 bits per heavy atom. The van der Waals surface area contributed by atoms with Gasteiger partial charge in [0.1, 0.15) is 0 Å². The van der Waals surface area contributed by atoms with Crippen LogP contribution < -0.4 is 5.32 Å². The first-order valence-corrected chi connectivity index (χ1v) is 6.83. The van der Waals surface area contributed by atoms with E-state index in [4.69, 9.17) is 4.74 Å². The van der Waals surface area contributed by atoms with E-state index < -0.39 is 4.92 Å². The molecule has 2 rings (SSSR count). The molecular weight excluding hydrogens is 272 g/mol. The molecule has 0 saturated carbocycles. The van der Waals surface area contributed by atoms with Gasteiger partial charge in [0.2, 0.25) is 5.91 Å². The number of ether oxygens (including phenoxy) is 1. The third-order valence-electron chi connectivity index (χ3n) is 3.43. The number of nitrogens with zero attached hydrogens (tertiary/aromatic N) is 1. The van der Waals surface area contributed by atoms with Crippen molar-refractivity contribution in [2.75, 3.05) is 12.4 Å². The van der Waals surface area contributed by atoms with Crippen molar-refractivity contribution in [2.45, 2.75) is 25.9 Å². The number of rotatable bonds is 6. The van der Waals surface area contributed by atoms with Gasteiger partial charge in [-0.2, -0.15) is 0 Å². The molecule has 1 N–H and O–H groups in total. The van der Waals surface area contributed by atoms with Crippen molar-refractivity contribution >= 4 is 17.3 Å². The SMILES string of the molecule is COCc1cc([N+](=O)[O-])ccc1NC(=O)C[C@H]1C=CCC1. The lowest BCUT2D eigenvalue weighted by molar-refractivity contribution is -0.384. The number of nitrogens with one attached hydrogen (secondary N) is 1. The molecule has 0 spiro atoms. The summed E-state index contributed by atoms with van der Waals surface area (Å²) in [6.45, 7) is 0.209. The number of methoxy groups -OCH3 is 1. The number of amides is 1. The topological polar surface area (TPSA) is 81.5 Å². The second-order valence-electron chi connectivity index (χ2n) is 5.05. The van der Waals surface area contributed by atoms with Crippen LogP contribution in [0.4, 0.5) is 11.4 Å². The second kappa shape index (κ2) is 6.99. The molecule has 1 aromatic rings. The number of carbonyl (C=O) groups is 1. The fourth-order valence-corrected chi connectivity index (χ4v) is 2.40. The molecule has 1 atom stereocenters. The molecular formula is C15H18N2O4. The van der Waals surface area contributed by atoms with Crippen LogP contribution in [0.3, 0.4) is 0 Å². The second-order valence-corrected chi connectivity index (χ2v) is 5.05. The van der Waals surface area contributed by atoms with Gasteiger partial charge in [-0.3, -0.25) is 14.9 Å². The van der Waals surface area contributed by atoms with Gasteiger partial charge < -0.3 is 10.1 Å². The number of nitro benzene ring substituents is 1. The summed E-state index contributed by atoms with van der Waals surface area (Å²) in [5.74, 6) is 0.201. The van der Waals surface area contributed by atoms with Crippen LogP contribution in [-0.2, 0) is 16.1 Å². The summed E-state index contributed by atoms with van der Waals surface area (Å²) in [4.78, 5) is 22.4. The Labute approximate surface area is 122 Å². The standard InChI is InChI=1S/C15H18N2O4/c1-21-10-12-9-13(17(19)20)6-7-14(12)16-15(18)8-11-4-2-3-5-11/h2,4,6-7,9,11H,3,5,8,10H2,1H3,(H,16,18)/t11-/m0/s1. The highest BCUT2D eigenvalue weighted by Crippen LogP contribution is 2.25. The maximum absolute atomic E-state index is 12.0. The Morgan fingerprint density at radius 1 is 1.52 bits per heavy atom. The van der Waals surface area contributed by atoms with Crippen LogP contribution >= 0.6 is 0 Å². The van der Waals surface area contributed by atoms with Crippen LogP contribution in [0.2, 0.25) is 0 Å². The van der Waals surface area contributed by atoms with Crippen LogP contribution in [0, 0.1) is 16.0 Å². The summed E-state index contributed by atoms with van der Waals surface area (Å²) in [5, 5.41) is 13.6. The van der Waals surface area contributed by atoms with Crippen molar-refractivity contribution in [3.8, 4) is 0 Å². The zero-order valence-corrected chi connectivity index (χ0v) is 11.9. The number of benzene rings is 1. The Hall–Kier alpha value is -2.21. The molecule has 0 fully saturated rings. The lowest BCUT2D eigenvalue weighted by Gasteiger charge is -2.12. The molecule has 0 radical (unpaired) electrons. The summed E-state index contributed by atoms with van der Waals surface area (Å²) < 4.78 is 5.03. The summed E-state index contributed by atoms with van der Waals surface area (Å²) in [6.07, 6.45) is 6.59. The lowest BCUT2D eigenvalue weighted by atomic mass is 10.0. The molecule has 6 heteroatoms. The van der Waals surface area contributed by atoms with E-state index in [1.807, 2.05) is 0 Å². The van der Waals surface area contributed by atoms with Gasteiger partial charge in [-0.05, 0) is 24.8 Å². The van der Waals surface area contributed by atoms with Crippen LogP contribution in [-0.4, -0.2) is 17.9 Å². The molecule has 6 nitrogen and oxygen atoms in total. The van der Waals surface area contributed by atoms with Crippen molar-refractivity contribution in [2.24, 2.45) is 5.92 Å². The molecule has 1 aromatic carbocycles. The van der Waals surface area contributed by atoms with Gasteiger partial charge in [0.05, 0.1) is 11.5 Å². The summed E-state index contributed by atoms with van der Waals surface area (Å²) >= 11 is 0. The molecule has 0 aromatic heterocycles. The molecule has 21 heavy (non-hydrogen) atoms. The predicted octanol–water partition coefficient (Wildman–Crippen LogP) is 3.04. The smallest absolute Gasteiger partial charge is 0.269 e. The number of anilines is 1. The van der Waals surface area contributed by atoms with Gasteiger partial charge in [-0.15, -0.1) is 0 Å². The minimum absolute atomic E-state index is 0.0150. The van der Waals surface area contributed by atoms with Gasteiger partial charge in [0.25, 0.3) is 5.69 Å². The number of non-ortho nitro benzene ring substituents is 1. The highest BCUT2D eigenvalue weighted by Gasteiger charge is 2.16.